The van der Waals surface area contributed by atoms with E-state index in [1.165, 1.54) is 0 Å². The Bertz CT molecular complexity index is 255. The van der Waals surface area contributed by atoms with Crippen molar-refractivity contribution < 1.29 is 9.53 Å². The van der Waals surface area contributed by atoms with Gasteiger partial charge in [0.25, 0.3) is 0 Å². The Morgan fingerprint density at radius 3 is 2.53 bits per heavy atom. The highest BCUT2D eigenvalue weighted by Crippen LogP contribution is 2.43. The normalized spacial score (nSPS) is 30.1. The van der Waals surface area contributed by atoms with E-state index in [4.69, 9.17) is 4.74 Å². The molecule has 1 saturated heterocycles. The molecule has 0 N–H and O–H groups in total. The molecule has 3 nitrogen and oxygen atoms in total. The summed E-state index contributed by atoms with van der Waals surface area (Å²) in [6, 6.07) is 0. The highest BCUT2D eigenvalue weighted by atomic mass is 79.9. The summed E-state index contributed by atoms with van der Waals surface area (Å²) in [5.74, 6) is -0.0941. The molecular formula is C11H20BrNO2. The molecule has 0 aliphatic carbocycles. The molecule has 1 heterocycles. The molecule has 1 aliphatic rings. The second-order valence-corrected chi connectivity index (χ2v) is 5.20. The van der Waals surface area contributed by atoms with Crippen LogP contribution in [0.3, 0.4) is 0 Å². The average Bonchev–Trinajstić information content (AvgIpc) is 2.95. The number of alkyl halides is 1. The Balaban J connectivity index is 2.73. The molecule has 0 amide bonds. The van der Waals surface area contributed by atoms with E-state index in [1.807, 2.05) is 6.92 Å². The quantitative estimate of drug-likeness (QED) is 0.438. The molecular weight excluding hydrogens is 258 g/mol. The second kappa shape index (κ2) is 4.42. The van der Waals surface area contributed by atoms with E-state index < -0.39 is 5.54 Å². The number of ether oxygens (including phenoxy) is 1. The molecule has 0 saturated carbocycles. The van der Waals surface area contributed by atoms with Crippen molar-refractivity contribution >= 4 is 21.9 Å². The van der Waals surface area contributed by atoms with Crippen molar-refractivity contribution in [1.29, 1.82) is 0 Å². The van der Waals surface area contributed by atoms with Gasteiger partial charge in [-0.2, -0.15) is 0 Å². The number of hydrogen-bond donors (Lipinski definition) is 0. The summed E-state index contributed by atoms with van der Waals surface area (Å²) in [6.07, 6.45) is 1.03. The first-order valence-electron chi connectivity index (χ1n) is 5.45. The van der Waals surface area contributed by atoms with Gasteiger partial charge in [0.1, 0.15) is 5.54 Å². The summed E-state index contributed by atoms with van der Waals surface area (Å²) < 4.78 is 5.12. The van der Waals surface area contributed by atoms with E-state index in [0.29, 0.717) is 11.9 Å². The molecule has 2 atom stereocenters. The first-order valence-corrected chi connectivity index (χ1v) is 6.57. The molecule has 1 aliphatic heterocycles. The van der Waals surface area contributed by atoms with Gasteiger partial charge in [0, 0.05) is 17.4 Å². The Kier molecular flexibility index (Phi) is 3.82. The predicted octanol–water partition coefficient (Wildman–Crippen LogP) is 2.19. The van der Waals surface area contributed by atoms with Crippen LogP contribution in [0.25, 0.3) is 0 Å². The van der Waals surface area contributed by atoms with Crippen LogP contribution in [0, 0.1) is 0 Å². The van der Waals surface area contributed by atoms with Crippen molar-refractivity contribution in [2.24, 2.45) is 0 Å². The van der Waals surface area contributed by atoms with Crippen LogP contribution in [0.2, 0.25) is 0 Å². The lowest BCUT2D eigenvalue weighted by Gasteiger charge is -2.28. The third-order valence-corrected chi connectivity index (χ3v) is 4.23. The van der Waals surface area contributed by atoms with Crippen LogP contribution in [0.4, 0.5) is 0 Å². The molecule has 0 aromatic heterocycles. The van der Waals surface area contributed by atoms with E-state index in [2.05, 4.69) is 41.6 Å². The maximum absolute atomic E-state index is 11.8. The Morgan fingerprint density at radius 2 is 2.13 bits per heavy atom. The Hall–Kier alpha value is -0.0900. The van der Waals surface area contributed by atoms with Crippen LogP contribution in [0.1, 0.15) is 34.1 Å². The Morgan fingerprint density at radius 1 is 1.53 bits per heavy atom. The van der Waals surface area contributed by atoms with Crippen LogP contribution >= 0.6 is 15.9 Å². The fraction of sp³-hybridized carbons (Fsp3) is 0.909. The van der Waals surface area contributed by atoms with Gasteiger partial charge < -0.3 is 4.74 Å². The molecule has 88 valence electrons. The van der Waals surface area contributed by atoms with Crippen molar-refractivity contribution in [1.82, 2.24) is 4.90 Å². The lowest BCUT2D eigenvalue weighted by Crippen LogP contribution is -2.41. The molecule has 0 spiro atoms. The van der Waals surface area contributed by atoms with Crippen molar-refractivity contribution in [2.45, 2.75) is 45.2 Å². The maximum Gasteiger partial charge on any atom is 0.328 e. The number of carbonyl (C=O) groups is 1. The minimum Gasteiger partial charge on any atom is -0.465 e. The summed E-state index contributed by atoms with van der Waals surface area (Å²) in [4.78, 5) is 14.1. The van der Waals surface area contributed by atoms with E-state index >= 15 is 0 Å². The first-order chi connectivity index (χ1) is 6.94. The van der Waals surface area contributed by atoms with E-state index in [-0.39, 0.29) is 11.5 Å². The maximum atomic E-state index is 11.8. The summed E-state index contributed by atoms with van der Waals surface area (Å²) in [7, 11) is 0. The molecule has 1 rings (SSSR count). The monoisotopic (exact) mass is 277 g/mol. The van der Waals surface area contributed by atoms with Crippen molar-refractivity contribution in [3.63, 3.8) is 0 Å². The molecule has 15 heavy (non-hydrogen) atoms. The van der Waals surface area contributed by atoms with Gasteiger partial charge >= 0.3 is 5.97 Å². The van der Waals surface area contributed by atoms with Gasteiger partial charge in [-0.3, -0.25) is 4.90 Å². The zero-order valence-electron chi connectivity index (χ0n) is 9.97. The summed E-state index contributed by atoms with van der Waals surface area (Å²) >= 11 is 3.42. The molecule has 1 fully saturated rings. The molecule has 1 unspecified atom stereocenters. The lowest BCUT2D eigenvalue weighted by molar-refractivity contribution is -0.147. The molecule has 0 aromatic rings. The van der Waals surface area contributed by atoms with Crippen molar-refractivity contribution in [3.05, 3.63) is 0 Å². The second-order valence-electron chi connectivity index (χ2n) is 4.64. The zero-order valence-corrected chi connectivity index (χ0v) is 11.6. The summed E-state index contributed by atoms with van der Waals surface area (Å²) in [5.41, 5.74) is -0.337. The van der Waals surface area contributed by atoms with Gasteiger partial charge in [0.2, 0.25) is 0 Å². The van der Waals surface area contributed by atoms with Crippen LogP contribution in [-0.4, -0.2) is 40.4 Å². The molecule has 4 heteroatoms. The van der Waals surface area contributed by atoms with Gasteiger partial charge in [-0.25, -0.2) is 4.79 Å². The smallest absolute Gasteiger partial charge is 0.328 e. The van der Waals surface area contributed by atoms with Crippen molar-refractivity contribution in [2.75, 3.05) is 18.5 Å². The van der Waals surface area contributed by atoms with Gasteiger partial charge in [0.15, 0.2) is 0 Å². The fourth-order valence-electron chi connectivity index (χ4n) is 1.82. The lowest BCUT2D eigenvalue weighted by atomic mass is 10.0. The summed E-state index contributed by atoms with van der Waals surface area (Å²) in [6.45, 7) is 9.57. The number of nitrogens with zero attached hydrogens (tertiary/aromatic N) is 1. The van der Waals surface area contributed by atoms with Crippen LogP contribution in [0.15, 0.2) is 0 Å². The van der Waals surface area contributed by atoms with Gasteiger partial charge in [-0.05, 0) is 27.2 Å². The first kappa shape index (κ1) is 13.0. The van der Waals surface area contributed by atoms with Gasteiger partial charge in [-0.1, -0.05) is 22.9 Å². The average molecular weight is 278 g/mol. The van der Waals surface area contributed by atoms with E-state index in [9.17, 15) is 4.79 Å². The van der Waals surface area contributed by atoms with Crippen LogP contribution in [-0.2, 0) is 9.53 Å². The highest BCUT2D eigenvalue weighted by molar-refractivity contribution is 9.09. The third-order valence-electron chi connectivity index (χ3n) is 3.31. The topological polar surface area (TPSA) is 29.3 Å². The minimum atomic E-state index is -0.407. The minimum absolute atomic E-state index is 0.0700. The number of rotatable bonds is 5. The Labute approximate surface area is 100 Å². The predicted molar refractivity (Wildman–Crippen MR) is 64.2 cm³/mol. The number of carbonyl (C=O) groups excluding carboxylic acids is 1. The molecule has 0 bridgehead atoms. The van der Waals surface area contributed by atoms with E-state index in [1.54, 1.807) is 0 Å². The molecule has 0 aromatic carbocycles. The van der Waals surface area contributed by atoms with Crippen LogP contribution < -0.4 is 0 Å². The van der Waals surface area contributed by atoms with Crippen LogP contribution in [0.5, 0.6) is 0 Å². The zero-order chi connectivity index (χ0) is 11.7. The molecule has 0 radical (unpaired) electrons. The fourth-order valence-corrected chi connectivity index (χ4v) is 2.53. The summed E-state index contributed by atoms with van der Waals surface area (Å²) in [5, 5.41) is 0.655. The third kappa shape index (κ3) is 2.21. The number of halogens is 1. The standard InChI is InChI=1S/C11H20BrNO2/c1-5-10(3,4)13-8-11(13,7-12)9(14)15-6-2/h5-8H2,1-4H3/t11-,13?/m0/s1. The van der Waals surface area contributed by atoms with Crippen molar-refractivity contribution in [3.8, 4) is 0 Å². The SMILES string of the molecule is CCOC(=O)[C@]1(CBr)CN1C(C)(C)CC. The van der Waals surface area contributed by atoms with Gasteiger partial charge in [-0.15, -0.1) is 0 Å². The van der Waals surface area contributed by atoms with E-state index in [0.717, 1.165) is 13.0 Å². The number of hydrogen-bond acceptors (Lipinski definition) is 3. The van der Waals surface area contributed by atoms with Gasteiger partial charge in [0.05, 0.1) is 6.61 Å². The highest BCUT2D eigenvalue weighted by Gasteiger charge is 2.63. The number of esters is 1. The largest absolute Gasteiger partial charge is 0.465 e.